The summed E-state index contributed by atoms with van der Waals surface area (Å²) < 4.78 is 10.7. The zero-order valence-electron chi connectivity index (χ0n) is 18.0. The van der Waals surface area contributed by atoms with Gasteiger partial charge in [0.25, 0.3) is 0 Å². The molecule has 1 N–H and O–H groups in total. The maximum atomic E-state index is 10.8. The number of carbonyl (C=O) groups is 1. The van der Waals surface area contributed by atoms with E-state index < -0.39 is 12.6 Å². The second-order valence-electron chi connectivity index (χ2n) is 7.21. The molecule has 0 aromatic heterocycles. The molecule has 0 radical (unpaired) electrons. The van der Waals surface area contributed by atoms with Gasteiger partial charge in [0.15, 0.2) is 0 Å². The van der Waals surface area contributed by atoms with Crippen LogP contribution in [0, 0.1) is 0 Å². The summed E-state index contributed by atoms with van der Waals surface area (Å²) in [7, 11) is 1.53. The van der Waals surface area contributed by atoms with Crippen LogP contribution in [0.15, 0.2) is 71.7 Å². The van der Waals surface area contributed by atoms with Gasteiger partial charge < -0.3 is 24.7 Å². The molecule has 9 heteroatoms. The van der Waals surface area contributed by atoms with Crippen molar-refractivity contribution in [2.24, 2.45) is 4.99 Å². The number of aliphatic carboxylic acids is 1. The number of nitrogens with zero attached hydrogens (tertiary/aromatic N) is 1. The molecular formula is C24H19Cl2N2NaO4. The van der Waals surface area contributed by atoms with Crippen molar-refractivity contribution in [3.63, 3.8) is 0 Å². The van der Waals surface area contributed by atoms with Crippen LogP contribution in [0.5, 0.6) is 11.5 Å². The predicted molar refractivity (Wildman–Crippen MR) is 122 cm³/mol. The van der Waals surface area contributed by atoms with Gasteiger partial charge in [0.05, 0.1) is 19.1 Å². The van der Waals surface area contributed by atoms with E-state index in [-0.39, 0.29) is 41.6 Å². The molecule has 0 saturated carbocycles. The molecule has 0 aliphatic carbocycles. The van der Waals surface area contributed by atoms with Crippen LogP contribution in [0.4, 0.5) is 0 Å². The van der Waals surface area contributed by atoms with Gasteiger partial charge in [0, 0.05) is 21.7 Å². The molecule has 1 aliphatic rings. The number of ether oxygens (including phenoxy) is 2. The average molecular weight is 493 g/mol. The Hall–Kier alpha value is -2.22. The van der Waals surface area contributed by atoms with Gasteiger partial charge in [-0.05, 0) is 47.5 Å². The normalized spacial score (nSPS) is 16.9. The van der Waals surface area contributed by atoms with Crippen LogP contribution >= 0.6 is 23.2 Å². The van der Waals surface area contributed by atoms with E-state index in [9.17, 15) is 9.90 Å². The number of rotatable bonds is 7. The van der Waals surface area contributed by atoms with Crippen molar-refractivity contribution in [3.8, 4) is 11.5 Å². The Labute approximate surface area is 223 Å². The number of carboxylic acid groups (broad SMARTS) is 1. The molecule has 1 aliphatic heterocycles. The van der Waals surface area contributed by atoms with Crippen LogP contribution in [0.1, 0.15) is 28.8 Å². The van der Waals surface area contributed by atoms with Gasteiger partial charge in [-0.1, -0.05) is 47.5 Å². The molecule has 4 rings (SSSR count). The Morgan fingerprint density at radius 3 is 2.12 bits per heavy atom. The van der Waals surface area contributed by atoms with Crippen LogP contribution in [0.3, 0.4) is 0 Å². The summed E-state index contributed by atoms with van der Waals surface area (Å²) >= 11 is 12.2. The molecule has 0 spiro atoms. The number of methoxy groups -OCH3 is 1. The summed E-state index contributed by atoms with van der Waals surface area (Å²) in [6.07, 6.45) is 0. The molecule has 164 valence electrons. The van der Waals surface area contributed by atoms with Gasteiger partial charge in [-0.2, -0.15) is 0 Å². The summed E-state index contributed by atoms with van der Waals surface area (Å²) in [6, 6.07) is 19.9. The van der Waals surface area contributed by atoms with Crippen molar-refractivity contribution < 1.29 is 48.9 Å². The predicted octanol–water partition coefficient (Wildman–Crippen LogP) is 0.967. The van der Waals surface area contributed by atoms with E-state index in [0.717, 1.165) is 11.1 Å². The summed E-state index contributed by atoms with van der Waals surface area (Å²) in [4.78, 5) is 15.7. The fourth-order valence-electron chi connectivity index (χ4n) is 3.55. The van der Waals surface area contributed by atoms with E-state index >= 15 is 0 Å². The number of carboxylic acids is 1. The zero-order chi connectivity index (χ0) is 22.7. The van der Waals surface area contributed by atoms with E-state index in [4.69, 9.17) is 37.7 Å². The quantitative estimate of drug-likeness (QED) is 0.497. The fourth-order valence-corrected chi connectivity index (χ4v) is 3.80. The molecule has 0 fully saturated rings. The first-order valence-electron chi connectivity index (χ1n) is 9.80. The smallest absolute Gasteiger partial charge is 0.546 e. The SMILES string of the molecule is COc1cc(OCC(=O)[O-])cc(C2=NC(c3ccc(Cl)cc3)C(c3ccc(Cl)cc3)N2)c1.[Na+]. The molecule has 0 saturated heterocycles. The van der Waals surface area contributed by atoms with Crippen LogP contribution in [-0.4, -0.2) is 25.5 Å². The molecule has 6 nitrogen and oxygen atoms in total. The summed E-state index contributed by atoms with van der Waals surface area (Å²) in [5, 5.41) is 15.6. The van der Waals surface area contributed by atoms with Crippen molar-refractivity contribution in [2.45, 2.75) is 12.1 Å². The Morgan fingerprint density at radius 1 is 0.970 bits per heavy atom. The number of amidine groups is 1. The largest absolute Gasteiger partial charge is 1.00 e. The number of hydrogen-bond acceptors (Lipinski definition) is 6. The third kappa shape index (κ3) is 6.22. The number of nitrogens with one attached hydrogen (secondary N) is 1. The van der Waals surface area contributed by atoms with Gasteiger partial charge >= 0.3 is 29.6 Å². The second kappa shape index (κ2) is 11.3. The maximum absolute atomic E-state index is 10.8. The minimum atomic E-state index is -1.31. The van der Waals surface area contributed by atoms with Gasteiger partial charge in [0.1, 0.15) is 30.0 Å². The molecule has 1 heterocycles. The van der Waals surface area contributed by atoms with Gasteiger partial charge in [-0.3, -0.25) is 4.99 Å². The van der Waals surface area contributed by atoms with Crippen LogP contribution in [-0.2, 0) is 4.79 Å². The van der Waals surface area contributed by atoms with E-state index in [0.29, 0.717) is 32.9 Å². The average Bonchev–Trinajstić information content (AvgIpc) is 3.24. The number of aliphatic imine (C=N–C) groups is 1. The third-order valence-corrected chi connectivity index (χ3v) is 5.57. The number of benzene rings is 3. The van der Waals surface area contributed by atoms with E-state index in [1.165, 1.54) is 7.11 Å². The molecule has 0 amide bonds. The van der Waals surface area contributed by atoms with Crippen LogP contribution in [0.2, 0.25) is 10.0 Å². The molecule has 2 unspecified atom stereocenters. The topological polar surface area (TPSA) is 83.0 Å². The number of carbonyl (C=O) groups excluding carboxylic acids is 1. The number of hydrogen-bond donors (Lipinski definition) is 1. The van der Waals surface area contributed by atoms with Gasteiger partial charge in [-0.25, -0.2) is 0 Å². The molecule has 3 aromatic carbocycles. The Bertz CT molecular complexity index is 1150. The van der Waals surface area contributed by atoms with Crippen molar-refractivity contribution in [1.82, 2.24) is 5.32 Å². The van der Waals surface area contributed by atoms with Crippen LogP contribution in [0.25, 0.3) is 0 Å². The van der Waals surface area contributed by atoms with Gasteiger partial charge in [-0.15, -0.1) is 0 Å². The van der Waals surface area contributed by atoms with Crippen molar-refractivity contribution in [3.05, 3.63) is 93.5 Å². The summed E-state index contributed by atoms with van der Waals surface area (Å²) in [5.41, 5.74) is 2.71. The molecule has 33 heavy (non-hydrogen) atoms. The first kappa shape index (κ1) is 25.4. The monoisotopic (exact) mass is 492 g/mol. The zero-order valence-corrected chi connectivity index (χ0v) is 21.6. The fraction of sp³-hybridized carbons (Fsp3) is 0.167. The molecule has 2 atom stereocenters. The van der Waals surface area contributed by atoms with E-state index in [1.807, 2.05) is 48.5 Å². The Kier molecular flexibility index (Phi) is 8.68. The third-order valence-electron chi connectivity index (χ3n) is 5.06. The standard InChI is InChI=1S/C24H20Cl2N2O4.Na/c1-31-19-10-16(11-20(12-19)32-13-21(29)30)24-27-22(14-2-6-17(25)7-3-14)23(28-24)15-4-8-18(26)9-5-15;/h2-12,22-23H,13H2,1H3,(H,27,28)(H,29,30);/q;+1/p-1. The number of halogens is 2. The van der Waals surface area contributed by atoms with Crippen LogP contribution < -0.4 is 49.5 Å². The minimum Gasteiger partial charge on any atom is -0.546 e. The van der Waals surface area contributed by atoms with Gasteiger partial charge in [0.2, 0.25) is 0 Å². The summed E-state index contributed by atoms with van der Waals surface area (Å²) in [6.45, 7) is -0.562. The van der Waals surface area contributed by atoms with Crippen molar-refractivity contribution in [2.75, 3.05) is 13.7 Å². The molecular weight excluding hydrogens is 474 g/mol. The first-order valence-corrected chi connectivity index (χ1v) is 10.6. The second-order valence-corrected chi connectivity index (χ2v) is 8.08. The van der Waals surface area contributed by atoms with E-state index in [2.05, 4.69) is 5.32 Å². The van der Waals surface area contributed by atoms with E-state index in [1.54, 1.807) is 18.2 Å². The Balaban J connectivity index is 0.00000306. The molecule has 0 bridgehead atoms. The first-order chi connectivity index (χ1) is 15.4. The Morgan fingerprint density at radius 2 is 1.55 bits per heavy atom. The van der Waals surface area contributed by atoms with Crippen molar-refractivity contribution >= 4 is 35.0 Å². The maximum Gasteiger partial charge on any atom is 1.00 e. The van der Waals surface area contributed by atoms with Crippen molar-refractivity contribution in [1.29, 1.82) is 0 Å². The summed E-state index contributed by atoms with van der Waals surface area (Å²) in [5.74, 6) is 0.169. The minimum absolute atomic E-state index is 0. The molecule has 3 aromatic rings.